The Kier molecular flexibility index (Phi) is 5.91. The van der Waals surface area contributed by atoms with Crippen molar-refractivity contribution >= 4 is 33.5 Å². The first-order valence-corrected chi connectivity index (χ1v) is 8.77. The number of carbonyl (C=O) groups is 1. The number of nitrogens with zero attached hydrogens (tertiary/aromatic N) is 1. The number of hydrogen-bond acceptors (Lipinski definition) is 4. The molecule has 0 aliphatic carbocycles. The van der Waals surface area contributed by atoms with Gasteiger partial charge in [0.05, 0.1) is 10.2 Å². The van der Waals surface area contributed by atoms with Gasteiger partial charge in [-0.05, 0) is 42.3 Å². The van der Waals surface area contributed by atoms with E-state index in [1.807, 2.05) is 24.3 Å². The molecule has 3 rings (SSSR count). The third kappa shape index (κ3) is 5.10. The molecule has 26 heavy (non-hydrogen) atoms. The van der Waals surface area contributed by atoms with Gasteiger partial charge in [0.15, 0.2) is 0 Å². The monoisotopic (exact) mass is 374 g/mol. The number of ether oxygens (including phenoxy) is 1. The molecule has 4 nitrogen and oxygen atoms in total. The molecular weight excluding hydrogens is 358 g/mol. The first kappa shape index (κ1) is 18.0. The second-order valence-corrected chi connectivity index (χ2v) is 6.48. The first-order valence-electron chi connectivity index (χ1n) is 7.95. The van der Waals surface area contributed by atoms with E-state index in [0.717, 1.165) is 20.8 Å². The topological polar surface area (TPSA) is 51.2 Å². The van der Waals surface area contributed by atoms with E-state index < -0.39 is 6.61 Å². The molecule has 0 saturated heterocycles. The molecule has 0 radical (unpaired) electrons. The van der Waals surface area contributed by atoms with E-state index in [9.17, 15) is 13.6 Å². The smallest absolute Gasteiger partial charge is 0.387 e. The zero-order valence-electron chi connectivity index (χ0n) is 13.7. The fraction of sp³-hybridized carbons (Fsp3) is 0.158. The second-order valence-electron chi connectivity index (χ2n) is 5.42. The number of rotatable bonds is 7. The van der Waals surface area contributed by atoms with Crippen LogP contribution < -0.4 is 10.1 Å². The number of benzene rings is 2. The van der Waals surface area contributed by atoms with Crippen LogP contribution in [0, 0.1) is 0 Å². The van der Waals surface area contributed by atoms with Crippen LogP contribution in [-0.2, 0) is 11.2 Å². The van der Waals surface area contributed by atoms with Gasteiger partial charge in [-0.3, -0.25) is 4.79 Å². The van der Waals surface area contributed by atoms with Crippen molar-refractivity contribution in [3.63, 3.8) is 0 Å². The number of hydrogen-bond donors (Lipinski definition) is 1. The lowest BCUT2D eigenvalue weighted by atomic mass is 10.1. The normalized spacial score (nSPS) is 11.3. The number of nitrogens with one attached hydrogen (secondary N) is 1. The number of para-hydroxylation sites is 1. The van der Waals surface area contributed by atoms with Crippen molar-refractivity contribution < 1.29 is 18.3 Å². The molecule has 0 saturated carbocycles. The molecular formula is C19H16F2N2O2S. The van der Waals surface area contributed by atoms with Gasteiger partial charge < -0.3 is 10.1 Å². The maximum absolute atomic E-state index is 12.1. The molecule has 1 N–H and O–H groups in total. The number of carbonyl (C=O) groups excluding carboxylic acids is 1. The molecule has 7 heteroatoms. The summed E-state index contributed by atoms with van der Waals surface area (Å²) >= 11 is 1.52. The molecule has 1 heterocycles. The van der Waals surface area contributed by atoms with E-state index in [1.54, 1.807) is 18.2 Å². The number of thiazole rings is 1. The Morgan fingerprint density at radius 1 is 1.19 bits per heavy atom. The highest BCUT2D eigenvalue weighted by molar-refractivity contribution is 7.19. The van der Waals surface area contributed by atoms with Crippen molar-refractivity contribution in [2.45, 2.75) is 13.0 Å². The van der Waals surface area contributed by atoms with Gasteiger partial charge in [-0.15, -0.1) is 11.3 Å². The van der Waals surface area contributed by atoms with Gasteiger partial charge in [0.1, 0.15) is 10.8 Å². The van der Waals surface area contributed by atoms with Crippen molar-refractivity contribution in [2.24, 2.45) is 0 Å². The Bertz CT molecular complexity index is 874. The summed E-state index contributed by atoms with van der Waals surface area (Å²) in [6.07, 6.45) is 3.74. The quantitative estimate of drug-likeness (QED) is 0.629. The van der Waals surface area contributed by atoms with Crippen LogP contribution in [0.5, 0.6) is 5.75 Å². The molecule has 0 fully saturated rings. The SMILES string of the molecule is O=C(/C=C/c1nc2ccccc2s1)NCCc1ccc(OC(F)F)cc1. The fourth-order valence-electron chi connectivity index (χ4n) is 2.33. The number of alkyl halides is 2. The number of fused-ring (bicyclic) bond motifs is 1. The largest absolute Gasteiger partial charge is 0.435 e. The van der Waals surface area contributed by atoms with Gasteiger partial charge in [0, 0.05) is 12.6 Å². The minimum atomic E-state index is -2.83. The maximum Gasteiger partial charge on any atom is 0.387 e. The standard InChI is InChI=1S/C19H16F2N2O2S/c20-19(21)25-14-7-5-13(6-8-14)11-12-22-17(24)9-10-18-23-15-3-1-2-4-16(15)26-18/h1-10,19H,11-12H2,(H,22,24)/b10-9+. The van der Waals surface area contributed by atoms with Crippen LogP contribution in [-0.4, -0.2) is 24.0 Å². The molecule has 1 amide bonds. The van der Waals surface area contributed by atoms with Crippen molar-refractivity contribution in [2.75, 3.05) is 6.54 Å². The minimum absolute atomic E-state index is 0.117. The third-order valence-electron chi connectivity index (χ3n) is 3.55. The molecule has 0 atom stereocenters. The molecule has 2 aromatic carbocycles. The lowest BCUT2D eigenvalue weighted by Gasteiger charge is -2.06. The highest BCUT2D eigenvalue weighted by Gasteiger charge is 2.04. The van der Waals surface area contributed by atoms with Crippen LogP contribution in [0.4, 0.5) is 8.78 Å². The Morgan fingerprint density at radius 2 is 1.96 bits per heavy atom. The van der Waals surface area contributed by atoms with E-state index in [4.69, 9.17) is 0 Å². The van der Waals surface area contributed by atoms with Crippen LogP contribution in [0.1, 0.15) is 10.6 Å². The lowest BCUT2D eigenvalue weighted by Crippen LogP contribution is -2.23. The van der Waals surface area contributed by atoms with E-state index in [0.29, 0.717) is 13.0 Å². The average Bonchev–Trinajstić information content (AvgIpc) is 3.04. The Hall–Kier alpha value is -2.80. The summed E-state index contributed by atoms with van der Waals surface area (Å²) < 4.78 is 29.5. The molecule has 0 unspecified atom stereocenters. The molecule has 1 aromatic heterocycles. The van der Waals surface area contributed by atoms with Gasteiger partial charge >= 0.3 is 6.61 Å². The summed E-state index contributed by atoms with van der Waals surface area (Å²) in [4.78, 5) is 16.3. The highest BCUT2D eigenvalue weighted by atomic mass is 32.1. The zero-order valence-corrected chi connectivity index (χ0v) is 14.5. The number of aromatic nitrogens is 1. The maximum atomic E-state index is 12.1. The van der Waals surface area contributed by atoms with Crippen LogP contribution in [0.25, 0.3) is 16.3 Å². The van der Waals surface area contributed by atoms with Crippen molar-refractivity contribution in [3.8, 4) is 5.75 Å². The van der Waals surface area contributed by atoms with Gasteiger partial charge in [-0.25, -0.2) is 4.98 Å². The van der Waals surface area contributed by atoms with Crippen LogP contribution in [0.15, 0.2) is 54.6 Å². The lowest BCUT2D eigenvalue weighted by molar-refractivity contribution is -0.116. The van der Waals surface area contributed by atoms with Crippen LogP contribution >= 0.6 is 11.3 Å². The summed E-state index contributed by atoms with van der Waals surface area (Å²) in [7, 11) is 0. The summed E-state index contributed by atoms with van der Waals surface area (Å²) in [5.74, 6) is -0.0894. The van der Waals surface area contributed by atoms with Gasteiger partial charge in [-0.1, -0.05) is 24.3 Å². The van der Waals surface area contributed by atoms with Gasteiger partial charge in [0.2, 0.25) is 5.91 Å². The summed E-state index contributed by atoms with van der Waals surface area (Å²) in [5.41, 5.74) is 1.83. The minimum Gasteiger partial charge on any atom is -0.435 e. The predicted molar refractivity (Wildman–Crippen MR) is 98.4 cm³/mol. The third-order valence-corrected chi connectivity index (χ3v) is 4.55. The van der Waals surface area contributed by atoms with Gasteiger partial charge in [-0.2, -0.15) is 8.78 Å². The van der Waals surface area contributed by atoms with Crippen molar-refractivity contribution in [3.05, 3.63) is 65.2 Å². The summed E-state index contributed by atoms with van der Waals surface area (Å²) in [6, 6.07) is 14.2. The van der Waals surface area contributed by atoms with Crippen molar-refractivity contribution in [1.82, 2.24) is 10.3 Å². The molecule has 3 aromatic rings. The van der Waals surface area contributed by atoms with E-state index in [1.165, 1.54) is 29.5 Å². The molecule has 0 bridgehead atoms. The van der Waals surface area contributed by atoms with Crippen LogP contribution in [0.3, 0.4) is 0 Å². The van der Waals surface area contributed by atoms with Crippen molar-refractivity contribution in [1.29, 1.82) is 0 Å². The Labute approximate surface area is 153 Å². The molecule has 134 valence electrons. The number of amides is 1. The van der Waals surface area contributed by atoms with E-state index >= 15 is 0 Å². The average molecular weight is 374 g/mol. The van der Waals surface area contributed by atoms with Crippen LogP contribution in [0.2, 0.25) is 0 Å². The second kappa shape index (κ2) is 8.53. The van der Waals surface area contributed by atoms with E-state index in [2.05, 4.69) is 15.0 Å². The summed E-state index contributed by atoms with van der Waals surface area (Å²) in [6.45, 7) is -2.39. The Balaban J connectivity index is 1.46. The van der Waals surface area contributed by atoms with Gasteiger partial charge in [0.25, 0.3) is 0 Å². The first-order chi connectivity index (χ1) is 12.6. The Morgan fingerprint density at radius 3 is 2.69 bits per heavy atom. The molecule has 0 aliphatic heterocycles. The zero-order chi connectivity index (χ0) is 18.4. The van der Waals surface area contributed by atoms with E-state index in [-0.39, 0.29) is 11.7 Å². The summed E-state index contributed by atoms with van der Waals surface area (Å²) in [5, 5.41) is 3.56. The fourth-order valence-corrected chi connectivity index (χ4v) is 3.21. The number of halogens is 2. The predicted octanol–water partition coefficient (Wildman–Crippen LogP) is 4.27. The molecule has 0 aliphatic rings. The highest BCUT2D eigenvalue weighted by Crippen LogP contribution is 2.22. The molecule has 0 spiro atoms.